The lowest BCUT2D eigenvalue weighted by atomic mass is 9.92. The Hall–Kier alpha value is -1.89. The second-order valence-corrected chi connectivity index (χ2v) is 6.96. The molecule has 0 radical (unpaired) electrons. The molecule has 0 saturated carbocycles. The number of hydrogen-bond donors (Lipinski definition) is 0. The van der Waals surface area contributed by atoms with Gasteiger partial charge in [-0.05, 0) is 55.5 Å². The van der Waals surface area contributed by atoms with E-state index in [1.807, 2.05) is 48.7 Å². The summed E-state index contributed by atoms with van der Waals surface area (Å²) in [7, 11) is 0. The van der Waals surface area contributed by atoms with Gasteiger partial charge in [-0.15, -0.1) is 11.3 Å². The molecule has 1 atom stereocenters. The van der Waals surface area contributed by atoms with Crippen LogP contribution in [0.5, 0.6) is 0 Å². The zero-order valence-corrected chi connectivity index (χ0v) is 14.2. The van der Waals surface area contributed by atoms with Gasteiger partial charge in [0.1, 0.15) is 0 Å². The van der Waals surface area contributed by atoms with Gasteiger partial charge in [0.25, 0.3) is 0 Å². The second-order valence-electron chi connectivity index (χ2n) is 6.04. The third kappa shape index (κ3) is 4.10. The molecule has 0 bridgehead atoms. The van der Waals surface area contributed by atoms with Crippen LogP contribution in [0, 0.1) is 24.7 Å². The Morgan fingerprint density at radius 3 is 2.87 bits per heavy atom. The molecular weight excluding hydrogens is 302 g/mol. The van der Waals surface area contributed by atoms with Crippen molar-refractivity contribution in [1.29, 1.82) is 0 Å². The third-order valence-corrected chi connectivity index (χ3v) is 5.30. The number of hydrogen-bond acceptors (Lipinski definition) is 3. The largest absolute Gasteiger partial charge is 0.293 e. The number of ketones is 1. The Labute approximate surface area is 142 Å². The maximum atomic E-state index is 12.7. The first-order chi connectivity index (χ1) is 11.2. The average molecular weight is 323 g/mol. The number of Topliss-reactive ketones (excluding diaryl/α,β-unsaturated/α-hetero) is 1. The summed E-state index contributed by atoms with van der Waals surface area (Å²) >= 11 is 1.57. The molecule has 0 spiro atoms. The minimum atomic E-state index is 0.125. The van der Waals surface area contributed by atoms with Crippen molar-refractivity contribution in [3.8, 4) is 11.8 Å². The fourth-order valence-electron chi connectivity index (χ4n) is 3.00. The minimum Gasteiger partial charge on any atom is -0.293 e. The van der Waals surface area contributed by atoms with Crippen molar-refractivity contribution in [1.82, 2.24) is 4.90 Å². The van der Waals surface area contributed by atoms with E-state index in [0.29, 0.717) is 5.78 Å². The number of benzene rings is 1. The summed E-state index contributed by atoms with van der Waals surface area (Å²) in [6.45, 7) is 4.63. The van der Waals surface area contributed by atoms with Crippen LogP contribution in [0.1, 0.15) is 33.6 Å². The maximum Gasteiger partial charge on any atom is 0.177 e. The van der Waals surface area contributed by atoms with Gasteiger partial charge in [-0.2, -0.15) is 0 Å². The lowest BCUT2D eigenvalue weighted by Gasteiger charge is -2.30. The van der Waals surface area contributed by atoms with E-state index in [1.165, 1.54) is 0 Å². The molecule has 0 amide bonds. The summed E-state index contributed by atoms with van der Waals surface area (Å²) in [5, 5.41) is 2.01. The van der Waals surface area contributed by atoms with E-state index in [2.05, 4.69) is 16.7 Å². The van der Waals surface area contributed by atoms with Crippen LogP contribution in [0.3, 0.4) is 0 Å². The zero-order valence-electron chi connectivity index (χ0n) is 13.4. The molecule has 1 aromatic carbocycles. The molecule has 118 valence electrons. The molecule has 23 heavy (non-hydrogen) atoms. The van der Waals surface area contributed by atoms with Crippen molar-refractivity contribution >= 4 is 17.1 Å². The molecule has 1 fully saturated rings. The molecule has 0 unspecified atom stereocenters. The van der Waals surface area contributed by atoms with Crippen LogP contribution in [-0.2, 0) is 0 Å². The molecule has 3 rings (SSSR count). The van der Waals surface area contributed by atoms with Crippen LogP contribution < -0.4 is 0 Å². The van der Waals surface area contributed by atoms with Gasteiger partial charge in [-0.3, -0.25) is 9.69 Å². The molecule has 0 aliphatic carbocycles. The molecule has 0 N–H and O–H groups in total. The minimum absolute atomic E-state index is 0.125. The van der Waals surface area contributed by atoms with E-state index in [1.54, 1.807) is 11.3 Å². The molecule has 1 aliphatic rings. The number of carbonyl (C=O) groups is 1. The second kappa shape index (κ2) is 7.59. The highest BCUT2D eigenvalue weighted by atomic mass is 32.1. The van der Waals surface area contributed by atoms with E-state index in [4.69, 9.17) is 0 Å². The Morgan fingerprint density at radius 2 is 2.13 bits per heavy atom. The fraction of sp³-hybridized carbons (Fsp3) is 0.350. The summed E-state index contributed by atoms with van der Waals surface area (Å²) in [5.74, 6) is 6.88. The highest BCUT2D eigenvalue weighted by molar-refractivity contribution is 7.12. The Balaban J connectivity index is 1.59. The first-order valence-electron chi connectivity index (χ1n) is 8.08. The van der Waals surface area contributed by atoms with E-state index in [-0.39, 0.29) is 5.92 Å². The molecule has 1 aromatic heterocycles. The molecule has 1 aliphatic heterocycles. The van der Waals surface area contributed by atoms with Crippen LogP contribution >= 0.6 is 11.3 Å². The van der Waals surface area contributed by atoms with Crippen LogP contribution in [0.25, 0.3) is 0 Å². The smallest absolute Gasteiger partial charge is 0.177 e. The van der Waals surface area contributed by atoms with Crippen molar-refractivity contribution in [3.63, 3.8) is 0 Å². The highest BCUT2D eigenvalue weighted by Crippen LogP contribution is 2.25. The van der Waals surface area contributed by atoms with Gasteiger partial charge in [-0.1, -0.05) is 30.0 Å². The summed E-state index contributed by atoms with van der Waals surface area (Å²) in [5.41, 5.74) is 2.16. The Bertz CT molecular complexity index is 723. The first kappa shape index (κ1) is 16.0. The maximum absolute atomic E-state index is 12.7. The summed E-state index contributed by atoms with van der Waals surface area (Å²) < 4.78 is 0. The molecule has 2 nitrogen and oxygen atoms in total. The Kier molecular flexibility index (Phi) is 5.27. The number of aryl methyl sites for hydroxylation is 1. The van der Waals surface area contributed by atoms with Gasteiger partial charge in [-0.25, -0.2) is 0 Å². The van der Waals surface area contributed by atoms with E-state index >= 15 is 0 Å². The average Bonchev–Trinajstić information content (AvgIpc) is 3.01. The van der Waals surface area contributed by atoms with Crippen molar-refractivity contribution in [2.45, 2.75) is 19.8 Å². The zero-order chi connectivity index (χ0) is 16.1. The van der Waals surface area contributed by atoms with Crippen molar-refractivity contribution in [3.05, 3.63) is 57.8 Å². The summed E-state index contributed by atoms with van der Waals surface area (Å²) in [6, 6.07) is 12.1. The quantitative estimate of drug-likeness (QED) is 0.628. The van der Waals surface area contributed by atoms with Gasteiger partial charge >= 0.3 is 0 Å². The summed E-state index contributed by atoms with van der Waals surface area (Å²) in [6.07, 6.45) is 2.08. The van der Waals surface area contributed by atoms with E-state index in [9.17, 15) is 4.79 Å². The van der Waals surface area contributed by atoms with E-state index < -0.39 is 0 Å². The van der Waals surface area contributed by atoms with Crippen molar-refractivity contribution in [2.75, 3.05) is 19.6 Å². The van der Waals surface area contributed by atoms with Crippen LogP contribution in [-0.4, -0.2) is 30.3 Å². The molecule has 3 heteroatoms. The topological polar surface area (TPSA) is 20.3 Å². The van der Waals surface area contributed by atoms with Crippen molar-refractivity contribution in [2.24, 2.45) is 5.92 Å². The lowest BCUT2D eigenvalue weighted by Crippen LogP contribution is -2.38. The molecule has 2 heterocycles. The number of rotatable bonds is 3. The van der Waals surface area contributed by atoms with Crippen LogP contribution in [0.15, 0.2) is 41.8 Å². The number of carbonyl (C=O) groups excluding carboxylic acids is 1. The SMILES string of the molecule is Cc1ccsc1C(=O)[C@@H]1CCCN(CC#Cc2ccccc2)C1. The normalized spacial score (nSPS) is 18.2. The number of thiophene rings is 1. The molecule has 1 saturated heterocycles. The molecular formula is C20H21NOS. The van der Waals surface area contributed by atoms with Crippen molar-refractivity contribution < 1.29 is 4.79 Å². The monoisotopic (exact) mass is 323 g/mol. The van der Waals surface area contributed by atoms with Gasteiger partial charge in [0.05, 0.1) is 11.4 Å². The predicted octanol–water partition coefficient (Wildman–Crippen LogP) is 4.00. The van der Waals surface area contributed by atoms with E-state index in [0.717, 1.165) is 48.5 Å². The fourth-order valence-corrected chi connectivity index (χ4v) is 3.94. The number of nitrogens with zero attached hydrogens (tertiary/aromatic N) is 1. The number of likely N-dealkylation sites (tertiary alicyclic amines) is 1. The molecule has 2 aromatic rings. The number of piperidine rings is 1. The van der Waals surface area contributed by atoms with Gasteiger partial charge in [0, 0.05) is 18.0 Å². The van der Waals surface area contributed by atoms with Gasteiger partial charge in [0.15, 0.2) is 5.78 Å². The predicted molar refractivity (Wildman–Crippen MR) is 95.9 cm³/mol. The van der Waals surface area contributed by atoms with Crippen LogP contribution in [0.2, 0.25) is 0 Å². The van der Waals surface area contributed by atoms with Gasteiger partial charge < -0.3 is 0 Å². The summed E-state index contributed by atoms with van der Waals surface area (Å²) in [4.78, 5) is 15.9. The highest BCUT2D eigenvalue weighted by Gasteiger charge is 2.27. The van der Waals surface area contributed by atoms with Gasteiger partial charge in [0.2, 0.25) is 0 Å². The standard InChI is InChI=1S/C20H21NOS/c1-16-11-14-23-20(16)19(22)18-10-6-13-21(15-18)12-5-9-17-7-3-2-4-8-17/h2-4,7-8,11,14,18H,6,10,12-13,15H2,1H3/t18-/m1/s1. The Morgan fingerprint density at radius 1 is 1.30 bits per heavy atom. The first-order valence-corrected chi connectivity index (χ1v) is 8.96. The lowest BCUT2D eigenvalue weighted by molar-refractivity contribution is 0.0837. The third-order valence-electron chi connectivity index (χ3n) is 4.27. The van der Waals surface area contributed by atoms with Crippen LogP contribution in [0.4, 0.5) is 0 Å².